The van der Waals surface area contributed by atoms with Gasteiger partial charge in [-0.1, -0.05) is 42.5 Å². The third kappa shape index (κ3) is 6.65. The molecule has 8 heteroatoms. The topological polar surface area (TPSA) is 84.5 Å². The van der Waals surface area contributed by atoms with Gasteiger partial charge >= 0.3 is 5.97 Å². The highest BCUT2D eigenvalue weighted by molar-refractivity contribution is 8.93. The number of ether oxygens (including phenoxy) is 1. The Morgan fingerprint density at radius 3 is 2.39 bits per heavy atom. The van der Waals surface area contributed by atoms with E-state index in [4.69, 9.17) is 4.74 Å². The number of nitrogens with one attached hydrogen (secondary N) is 2. The minimum atomic E-state index is -0.500. The Bertz CT molecular complexity index is 983. The number of nitrogens with zero attached hydrogens (tertiary/aromatic N) is 1. The molecule has 2 atom stereocenters. The van der Waals surface area contributed by atoms with Crippen LogP contribution in [0.15, 0.2) is 48.5 Å². The van der Waals surface area contributed by atoms with Crippen molar-refractivity contribution in [2.45, 2.75) is 25.7 Å². The first-order valence-electron chi connectivity index (χ1n) is 11.0. The van der Waals surface area contributed by atoms with Gasteiger partial charge in [0.05, 0.1) is 31.5 Å². The van der Waals surface area contributed by atoms with E-state index in [0.29, 0.717) is 22.3 Å². The monoisotopic (exact) mass is 518 g/mol. The number of para-hydroxylation sites is 1. The predicted molar refractivity (Wildman–Crippen MR) is 134 cm³/mol. The summed E-state index contributed by atoms with van der Waals surface area (Å²) < 4.78 is 5.25. The van der Waals surface area contributed by atoms with Crippen LogP contribution in [-0.4, -0.2) is 62.6 Å². The maximum absolute atomic E-state index is 13.2. The maximum atomic E-state index is 13.2. The Kier molecular flexibility index (Phi) is 9.61. The van der Waals surface area contributed by atoms with Gasteiger partial charge in [-0.2, -0.15) is 0 Å². The molecule has 2 amide bonds. The second kappa shape index (κ2) is 12.0. The standard InChI is InChI=1S/C25H31N3O4.BrH/c1-18-9-7-13-21(25(31)32-3)24(18)27-23(30)17-28(16-22(29)26-2)14-8-12-20(15-28)19-10-5-4-6-11-19;/h4-7,9-11,13,20H,8,12,14-17H2,1-3H3,(H-,26,27,29,30,31);1H/p+1. The van der Waals surface area contributed by atoms with E-state index in [-0.39, 0.29) is 47.8 Å². The molecule has 7 nitrogen and oxygen atoms in total. The Morgan fingerprint density at radius 2 is 1.73 bits per heavy atom. The quantitative estimate of drug-likeness (QED) is 0.434. The number of likely N-dealkylation sites (tertiary alicyclic amines) is 1. The van der Waals surface area contributed by atoms with E-state index in [1.807, 2.05) is 31.2 Å². The number of methoxy groups -OCH3 is 1. The zero-order chi connectivity index (χ0) is 23.1. The lowest BCUT2D eigenvalue weighted by atomic mass is 9.89. The minimum Gasteiger partial charge on any atom is -0.465 e. The minimum absolute atomic E-state index is 0. The summed E-state index contributed by atoms with van der Waals surface area (Å²) in [6.45, 7) is 3.70. The molecule has 1 fully saturated rings. The number of amides is 2. The molecule has 2 unspecified atom stereocenters. The first-order valence-corrected chi connectivity index (χ1v) is 11.0. The number of carbonyl (C=O) groups excluding carboxylic acids is 3. The van der Waals surface area contributed by atoms with Crippen molar-refractivity contribution in [1.29, 1.82) is 0 Å². The molecule has 1 aliphatic rings. The summed E-state index contributed by atoms with van der Waals surface area (Å²) >= 11 is 0. The fourth-order valence-electron chi connectivity index (χ4n) is 4.64. The van der Waals surface area contributed by atoms with Gasteiger partial charge in [-0.15, -0.1) is 17.0 Å². The SMILES string of the molecule is Br.CNC(=O)C[N+]1(CC(=O)Nc2c(C)cccc2C(=O)OC)CCCC(c2ccccc2)C1. The van der Waals surface area contributed by atoms with Crippen molar-refractivity contribution in [3.05, 3.63) is 65.2 Å². The van der Waals surface area contributed by atoms with Crippen molar-refractivity contribution in [3.63, 3.8) is 0 Å². The van der Waals surface area contributed by atoms with Gasteiger partial charge in [0.1, 0.15) is 0 Å². The fraction of sp³-hybridized carbons (Fsp3) is 0.400. The molecule has 1 heterocycles. The second-order valence-electron chi connectivity index (χ2n) is 8.52. The van der Waals surface area contributed by atoms with Crippen LogP contribution in [0, 0.1) is 6.92 Å². The van der Waals surface area contributed by atoms with Crippen LogP contribution in [0.1, 0.15) is 40.2 Å². The van der Waals surface area contributed by atoms with E-state index in [2.05, 4.69) is 22.8 Å². The second-order valence-corrected chi connectivity index (χ2v) is 8.52. The van der Waals surface area contributed by atoms with Gasteiger partial charge in [-0.05, 0) is 37.0 Å². The predicted octanol–water partition coefficient (Wildman–Crippen LogP) is 3.44. The highest BCUT2D eigenvalue weighted by Gasteiger charge is 2.39. The Hall–Kier alpha value is -2.71. The van der Waals surface area contributed by atoms with Crippen LogP contribution in [-0.2, 0) is 14.3 Å². The van der Waals surface area contributed by atoms with E-state index in [0.717, 1.165) is 24.9 Å². The van der Waals surface area contributed by atoms with Crippen molar-refractivity contribution in [2.75, 3.05) is 45.7 Å². The average molecular weight is 519 g/mol. The number of quaternary nitrogens is 1. The number of esters is 1. The van der Waals surface area contributed by atoms with Crippen molar-refractivity contribution in [3.8, 4) is 0 Å². The summed E-state index contributed by atoms with van der Waals surface area (Å²) in [5.74, 6) is -0.522. The molecule has 1 saturated heterocycles. The summed E-state index contributed by atoms with van der Waals surface area (Å²) in [6, 6.07) is 15.5. The normalized spacial score (nSPS) is 19.7. The lowest BCUT2D eigenvalue weighted by Gasteiger charge is -2.43. The summed E-state index contributed by atoms with van der Waals surface area (Å²) in [6.07, 6.45) is 1.96. The van der Waals surface area contributed by atoms with Crippen LogP contribution in [0.3, 0.4) is 0 Å². The van der Waals surface area contributed by atoms with Gasteiger partial charge in [0, 0.05) is 13.0 Å². The number of likely N-dealkylation sites (N-methyl/N-ethyl adjacent to an activating group) is 1. The third-order valence-electron chi connectivity index (χ3n) is 6.24. The number of rotatable bonds is 7. The van der Waals surface area contributed by atoms with Gasteiger partial charge in [0.15, 0.2) is 13.1 Å². The van der Waals surface area contributed by atoms with Crippen LogP contribution in [0.2, 0.25) is 0 Å². The molecule has 0 saturated carbocycles. The van der Waals surface area contributed by atoms with Gasteiger partial charge in [0.2, 0.25) is 0 Å². The average Bonchev–Trinajstić information content (AvgIpc) is 2.80. The number of carbonyl (C=O) groups is 3. The zero-order valence-electron chi connectivity index (χ0n) is 19.4. The number of anilines is 1. The number of hydrogen-bond donors (Lipinski definition) is 2. The summed E-state index contributed by atoms with van der Waals surface area (Å²) in [7, 11) is 2.94. The van der Waals surface area contributed by atoms with Crippen molar-refractivity contribution in [1.82, 2.24) is 5.32 Å². The number of aryl methyl sites for hydroxylation is 1. The fourth-order valence-corrected chi connectivity index (χ4v) is 4.64. The number of hydrogen-bond acceptors (Lipinski definition) is 4. The van der Waals surface area contributed by atoms with E-state index in [1.165, 1.54) is 12.7 Å². The molecule has 178 valence electrons. The molecule has 0 radical (unpaired) electrons. The molecule has 2 N–H and O–H groups in total. The molecular weight excluding hydrogens is 486 g/mol. The largest absolute Gasteiger partial charge is 0.465 e. The molecule has 0 spiro atoms. The number of piperidine rings is 1. The molecule has 0 aromatic heterocycles. The van der Waals surface area contributed by atoms with Crippen molar-refractivity contribution < 1.29 is 23.6 Å². The van der Waals surface area contributed by atoms with Crippen LogP contribution in [0.5, 0.6) is 0 Å². The van der Waals surface area contributed by atoms with Gasteiger partial charge in [0.25, 0.3) is 11.8 Å². The molecule has 33 heavy (non-hydrogen) atoms. The molecule has 3 rings (SSSR count). The Labute approximate surface area is 205 Å². The summed E-state index contributed by atoms with van der Waals surface area (Å²) in [5.41, 5.74) is 2.79. The number of benzene rings is 2. The lowest BCUT2D eigenvalue weighted by molar-refractivity contribution is -0.919. The van der Waals surface area contributed by atoms with E-state index in [1.54, 1.807) is 19.2 Å². The van der Waals surface area contributed by atoms with Gasteiger partial charge in [-0.25, -0.2) is 4.79 Å². The van der Waals surface area contributed by atoms with Crippen LogP contribution in [0.4, 0.5) is 5.69 Å². The van der Waals surface area contributed by atoms with Crippen molar-refractivity contribution in [2.24, 2.45) is 0 Å². The highest BCUT2D eigenvalue weighted by Crippen LogP contribution is 2.31. The Balaban J connectivity index is 0.00000385. The highest BCUT2D eigenvalue weighted by atomic mass is 79.9. The van der Waals surface area contributed by atoms with Crippen molar-refractivity contribution >= 4 is 40.5 Å². The zero-order valence-corrected chi connectivity index (χ0v) is 21.1. The maximum Gasteiger partial charge on any atom is 0.339 e. The van der Waals surface area contributed by atoms with Gasteiger partial charge < -0.3 is 19.9 Å². The first-order chi connectivity index (χ1) is 15.4. The van der Waals surface area contributed by atoms with Crippen LogP contribution >= 0.6 is 17.0 Å². The van der Waals surface area contributed by atoms with E-state index >= 15 is 0 Å². The smallest absolute Gasteiger partial charge is 0.339 e. The molecule has 0 bridgehead atoms. The molecule has 2 aromatic rings. The summed E-state index contributed by atoms with van der Waals surface area (Å²) in [4.78, 5) is 37.8. The lowest BCUT2D eigenvalue weighted by Crippen LogP contribution is -2.60. The molecular formula is C25H33BrN3O4+. The van der Waals surface area contributed by atoms with Gasteiger partial charge in [-0.3, -0.25) is 9.59 Å². The van der Waals surface area contributed by atoms with E-state index < -0.39 is 5.97 Å². The molecule has 0 aliphatic carbocycles. The molecule has 2 aromatic carbocycles. The Morgan fingerprint density at radius 1 is 1.03 bits per heavy atom. The van der Waals surface area contributed by atoms with E-state index in [9.17, 15) is 14.4 Å². The van der Waals surface area contributed by atoms with Crippen LogP contribution < -0.4 is 10.6 Å². The van der Waals surface area contributed by atoms with Crippen LogP contribution in [0.25, 0.3) is 0 Å². The third-order valence-corrected chi connectivity index (χ3v) is 6.24. The number of halogens is 1. The molecule has 1 aliphatic heterocycles. The first kappa shape index (κ1) is 26.5. The summed E-state index contributed by atoms with van der Waals surface area (Å²) in [5, 5.41) is 5.63.